The molecule has 0 radical (unpaired) electrons. The van der Waals surface area contributed by atoms with Crippen LogP contribution in [-0.2, 0) is 11.2 Å². The number of nitrogens with zero attached hydrogens (tertiary/aromatic N) is 2. The van der Waals surface area contributed by atoms with E-state index in [1.54, 1.807) is 7.11 Å². The third-order valence-electron chi connectivity index (χ3n) is 6.83. The van der Waals surface area contributed by atoms with Crippen LogP contribution in [0.2, 0.25) is 0 Å². The fraction of sp³-hybridized carbons (Fsp3) is 0.481. The number of ether oxygens (including phenoxy) is 1. The summed E-state index contributed by atoms with van der Waals surface area (Å²) in [5.74, 6) is 1.09. The van der Waals surface area contributed by atoms with Gasteiger partial charge in [0.1, 0.15) is 5.75 Å². The van der Waals surface area contributed by atoms with Crippen molar-refractivity contribution in [3.05, 3.63) is 59.7 Å². The zero-order valence-electron chi connectivity index (χ0n) is 20.1. The number of urea groups is 1. The Morgan fingerprint density at radius 1 is 0.941 bits per heavy atom. The SMILES string of the molecule is COc1ccccc1C(CNC(=O)Nc1ccc(CCC(=O)N2CCCC2)cc1)N1CCCC1. The number of methoxy groups -OCH3 is 1. The molecule has 1 atom stereocenters. The summed E-state index contributed by atoms with van der Waals surface area (Å²) in [6.45, 7) is 4.34. The van der Waals surface area contributed by atoms with Gasteiger partial charge < -0.3 is 20.3 Å². The molecule has 7 nitrogen and oxygen atoms in total. The number of carbonyl (C=O) groups is 2. The van der Waals surface area contributed by atoms with Gasteiger partial charge in [0.2, 0.25) is 5.91 Å². The molecule has 34 heavy (non-hydrogen) atoms. The van der Waals surface area contributed by atoms with Gasteiger partial charge in [0, 0.05) is 37.3 Å². The van der Waals surface area contributed by atoms with Crippen LogP contribution in [0, 0.1) is 0 Å². The topological polar surface area (TPSA) is 73.9 Å². The van der Waals surface area contributed by atoms with Gasteiger partial charge in [-0.1, -0.05) is 30.3 Å². The predicted molar refractivity (Wildman–Crippen MR) is 134 cm³/mol. The van der Waals surface area contributed by atoms with Crippen molar-refractivity contribution in [1.29, 1.82) is 0 Å². The van der Waals surface area contributed by atoms with Crippen LogP contribution in [0.4, 0.5) is 10.5 Å². The monoisotopic (exact) mass is 464 g/mol. The molecule has 0 aliphatic carbocycles. The van der Waals surface area contributed by atoms with Crippen LogP contribution in [-0.4, -0.2) is 61.6 Å². The number of likely N-dealkylation sites (tertiary alicyclic amines) is 2. The van der Waals surface area contributed by atoms with Crippen molar-refractivity contribution in [3.63, 3.8) is 0 Å². The van der Waals surface area contributed by atoms with Gasteiger partial charge in [0.25, 0.3) is 0 Å². The molecule has 2 saturated heterocycles. The van der Waals surface area contributed by atoms with E-state index in [4.69, 9.17) is 4.74 Å². The van der Waals surface area contributed by atoms with Crippen molar-refractivity contribution in [1.82, 2.24) is 15.1 Å². The normalized spacial score (nSPS) is 16.9. The maximum Gasteiger partial charge on any atom is 0.319 e. The molecule has 0 saturated carbocycles. The van der Waals surface area contributed by atoms with E-state index in [2.05, 4.69) is 21.6 Å². The van der Waals surface area contributed by atoms with Gasteiger partial charge in [-0.15, -0.1) is 0 Å². The maximum atomic E-state index is 12.6. The van der Waals surface area contributed by atoms with Crippen LogP contribution in [0.1, 0.15) is 49.3 Å². The lowest BCUT2D eigenvalue weighted by Crippen LogP contribution is -2.38. The van der Waals surface area contributed by atoms with E-state index in [9.17, 15) is 9.59 Å². The Balaban J connectivity index is 1.29. The molecule has 2 aromatic rings. The lowest BCUT2D eigenvalue weighted by Gasteiger charge is -2.29. The van der Waals surface area contributed by atoms with Crippen LogP contribution in [0.25, 0.3) is 0 Å². The van der Waals surface area contributed by atoms with Crippen LogP contribution < -0.4 is 15.4 Å². The minimum absolute atomic E-state index is 0.0694. The first-order valence-corrected chi connectivity index (χ1v) is 12.4. The second kappa shape index (κ2) is 11.9. The van der Waals surface area contributed by atoms with Gasteiger partial charge in [-0.3, -0.25) is 9.69 Å². The van der Waals surface area contributed by atoms with Crippen molar-refractivity contribution < 1.29 is 14.3 Å². The molecular weight excluding hydrogens is 428 g/mol. The molecule has 0 bridgehead atoms. The lowest BCUT2D eigenvalue weighted by molar-refractivity contribution is -0.130. The molecule has 2 aliphatic rings. The van der Waals surface area contributed by atoms with Crippen molar-refractivity contribution in [2.45, 2.75) is 44.6 Å². The second-order valence-electron chi connectivity index (χ2n) is 9.12. The summed E-state index contributed by atoms with van der Waals surface area (Å²) in [5, 5.41) is 5.98. The van der Waals surface area contributed by atoms with Gasteiger partial charge in [0.05, 0.1) is 13.2 Å². The zero-order chi connectivity index (χ0) is 23.8. The van der Waals surface area contributed by atoms with Crippen molar-refractivity contribution in [2.24, 2.45) is 0 Å². The van der Waals surface area contributed by atoms with Crippen LogP contribution in [0.3, 0.4) is 0 Å². The smallest absolute Gasteiger partial charge is 0.319 e. The Morgan fingerprint density at radius 2 is 1.62 bits per heavy atom. The number of carbonyl (C=O) groups excluding carboxylic acids is 2. The minimum atomic E-state index is -0.226. The third-order valence-corrected chi connectivity index (χ3v) is 6.83. The molecule has 7 heteroatoms. The van der Waals surface area contributed by atoms with Gasteiger partial charge in [-0.05, 0) is 69.0 Å². The number of amides is 3. The highest BCUT2D eigenvalue weighted by molar-refractivity contribution is 5.89. The van der Waals surface area contributed by atoms with Crippen LogP contribution in [0.15, 0.2) is 48.5 Å². The Morgan fingerprint density at radius 3 is 2.32 bits per heavy atom. The fourth-order valence-corrected chi connectivity index (χ4v) is 4.93. The molecule has 0 spiro atoms. The first-order valence-electron chi connectivity index (χ1n) is 12.4. The van der Waals surface area contributed by atoms with Gasteiger partial charge in [0.15, 0.2) is 0 Å². The van der Waals surface area contributed by atoms with Crippen LogP contribution >= 0.6 is 0 Å². The van der Waals surface area contributed by atoms with E-state index in [0.717, 1.165) is 68.0 Å². The Kier molecular flexibility index (Phi) is 8.41. The summed E-state index contributed by atoms with van der Waals surface area (Å²) in [6.07, 6.45) is 5.84. The van der Waals surface area contributed by atoms with E-state index < -0.39 is 0 Å². The number of para-hydroxylation sites is 1. The number of hydrogen-bond donors (Lipinski definition) is 2. The Hall–Kier alpha value is -3.06. The molecule has 0 aromatic heterocycles. The highest BCUT2D eigenvalue weighted by Crippen LogP contribution is 2.31. The number of aryl methyl sites for hydroxylation is 1. The Labute approximate surface area is 202 Å². The van der Waals surface area contributed by atoms with Gasteiger partial charge in [-0.25, -0.2) is 4.79 Å². The number of benzene rings is 2. The Bertz CT molecular complexity index is 951. The minimum Gasteiger partial charge on any atom is -0.496 e. The molecule has 2 aliphatic heterocycles. The molecule has 2 fully saturated rings. The molecule has 2 aromatic carbocycles. The van der Waals surface area contributed by atoms with E-state index in [0.29, 0.717) is 13.0 Å². The summed E-state index contributed by atoms with van der Waals surface area (Å²) in [6, 6.07) is 15.6. The summed E-state index contributed by atoms with van der Waals surface area (Å²) < 4.78 is 5.58. The third kappa shape index (κ3) is 6.29. The summed E-state index contributed by atoms with van der Waals surface area (Å²) >= 11 is 0. The number of rotatable bonds is 9. The average Bonchev–Trinajstić information content (AvgIpc) is 3.59. The molecule has 1 unspecified atom stereocenters. The predicted octanol–water partition coefficient (Wildman–Crippen LogP) is 4.21. The highest BCUT2D eigenvalue weighted by Gasteiger charge is 2.26. The molecular formula is C27H36N4O3. The average molecular weight is 465 g/mol. The molecule has 4 rings (SSSR count). The standard InChI is InChI=1S/C27H36N4O3/c1-34-25-9-3-2-8-23(25)24(30-16-4-5-17-30)20-28-27(33)29-22-13-10-21(11-14-22)12-15-26(32)31-18-6-7-19-31/h2-3,8-11,13-14,24H,4-7,12,15-20H2,1H3,(H2,28,29,33). The summed E-state index contributed by atoms with van der Waals surface area (Å²) in [5.41, 5.74) is 2.94. The van der Waals surface area contributed by atoms with Crippen molar-refractivity contribution in [3.8, 4) is 5.75 Å². The van der Waals surface area contributed by atoms with E-state index in [1.165, 1.54) is 12.8 Å². The quantitative estimate of drug-likeness (QED) is 0.583. The maximum absolute atomic E-state index is 12.6. The second-order valence-corrected chi connectivity index (χ2v) is 9.12. The fourth-order valence-electron chi connectivity index (χ4n) is 4.93. The number of nitrogens with one attached hydrogen (secondary N) is 2. The summed E-state index contributed by atoms with van der Waals surface area (Å²) in [4.78, 5) is 29.3. The lowest BCUT2D eigenvalue weighted by atomic mass is 10.0. The first-order chi connectivity index (χ1) is 16.6. The van der Waals surface area contributed by atoms with E-state index in [1.807, 2.05) is 47.4 Å². The van der Waals surface area contributed by atoms with Gasteiger partial charge in [-0.2, -0.15) is 0 Å². The van der Waals surface area contributed by atoms with Crippen molar-refractivity contribution >= 4 is 17.6 Å². The van der Waals surface area contributed by atoms with Crippen LogP contribution in [0.5, 0.6) is 5.75 Å². The molecule has 2 heterocycles. The molecule has 3 amide bonds. The molecule has 2 N–H and O–H groups in total. The number of anilines is 1. The van der Waals surface area contributed by atoms with E-state index in [-0.39, 0.29) is 18.0 Å². The zero-order valence-corrected chi connectivity index (χ0v) is 20.1. The molecule has 182 valence electrons. The van der Waals surface area contributed by atoms with Gasteiger partial charge >= 0.3 is 6.03 Å². The largest absolute Gasteiger partial charge is 0.496 e. The van der Waals surface area contributed by atoms with E-state index >= 15 is 0 Å². The summed E-state index contributed by atoms with van der Waals surface area (Å²) in [7, 11) is 1.69. The highest BCUT2D eigenvalue weighted by atomic mass is 16.5. The van der Waals surface area contributed by atoms with Crippen molar-refractivity contribution in [2.75, 3.05) is 45.2 Å². The first kappa shape index (κ1) is 24.1. The number of hydrogen-bond acceptors (Lipinski definition) is 4.